The standard InChI is InChI=1S/C16H10BrF2NO/c1-9-4-2-3-5-11(9)12(8-20)16(21)15-13(18)6-10(17)7-14(15)19/h2-7,12H,1H3. The Morgan fingerprint density at radius 3 is 2.33 bits per heavy atom. The number of rotatable bonds is 3. The van der Waals surface area contributed by atoms with Gasteiger partial charge in [0.25, 0.3) is 0 Å². The van der Waals surface area contributed by atoms with Gasteiger partial charge in [0.1, 0.15) is 17.6 Å². The smallest absolute Gasteiger partial charge is 0.190 e. The number of benzene rings is 2. The van der Waals surface area contributed by atoms with Gasteiger partial charge in [-0.05, 0) is 30.2 Å². The first-order valence-corrected chi connectivity index (χ1v) is 6.89. The van der Waals surface area contributed by atoms with Crippen LogP contribution in [0, 0.1) is 29.9 Å². The van der Waals surface area contributed by atoms with Crippen molar-refractivity contribution in [1.29, 1.82) is 5.26 Å². The molecule has 2 rings (SSSR count). The van der Waals surface area contributed by atoms with Crippen LogP contribution in [-0.4, -0.2) is 5.78 Å². The van der Waals surface area contributed by atoms with Crippen LogP contribution in [0.3, 0.4) is 0 Å². The molecule has 0 aromatic heterocycles. The molecule has 0 amide bonds. The van der Waals surface area contributed by atoms with E-state index in [0.717, 1.165) is 17.7 Å². The van der Waals surface area contributed by atoms with Gasteiger partial charge in [-0.2, -0.15) is 5.26 Å². The molecular weight excluding hydrogens is 340 g/mol. The zero-order valence-electron chi connectivity index (χ0n) is 11.0. The molecule has 0 heterocycles. The van der Waals surface area contributed by atoms with Gasteiger partial charge in [-0.1, -0.05) is 40.2 Å². The Bertz CT molecular complexity index is 729. The Balaban J connectivity index is 2.53. The van der Waals surface area contributed by atoms with Crippen LogP contribution in [0.15, 0.2) is 40.9 Å². The summed E-state index contributed by atoms with van der Waals surface area (Å²) in [5.41, 5.74) is 0.482. The molecule has 0 saturated heterocycles. The second kappa shape index (κ2) is 6.15. The first-order chi connectivity index (χ1) is 9.95. The molecule has 0 radical (unpaired) electrons. The molecule has 0 aliphatic heterocycles. The third kappa shape index (κ3) is 3.01. The Morgan fingerprint density at radius 1 is 1.24 bits per heavy atom. The van der Waals surface area contributed by atoms with Crippen molar-refractivity contribution in [3.8, 4) is 6.07 Å². The monoisotopic (exact) mass is 349 g/mol. The summed E-state index contributed by atoms with van der Waals surface area (Å²) in [6.07, 6.45) is 0. The van der Waals surface area contributed by atoms with E-state index in [1.54, 1.807) is 31.2 Å². The van der Waals surface area contributed by atoms with Crippen molar-refractivity contribution in [1.82, 2.24) is 0 Å². The number of hydrogen-bond donors (Lipinski definition) is 0. The number of carbonyl (C=O) groups excluding carboxylic acids is 1. The van der Waals surface area contributed by atoms with Crippen LogP contribution in [-0.2, 0) is 0 Å². The van der Waals surface area contributed by atoms with Gasteiger partial charge in [0.2, 0.25) is 0 Å². The van der Waals surface area contributed by atoms with Gasteiger partial charge in [-0.25, -0.2) is 8.78 Å². The first kappa shape index (κ1) is 15.3. The molecule has 5 heteroatoms. The van der Waals surface area contributed by atoms with Crippen LogP contribution in [0.2, 0.25) is 0 Å². The van der Waals surface area contributed by atoms with E-state index in [9.17, 15) is 18.8 Å². The van der Waals surface area contributed by atoms with Crippen LogP contribution >= 0.6 is 15.9 Å². The van der Waals surface area contributed by atoms with Crippen molar-refractivity contribution in [2.24, 2.45) is 0 Å². The van der Waals surface area contributed by atoms with Gasteiger partial charge in [0.15, 0.2) is 5.78 Å². The molecule has 0 aliphatic carbocycles. The molecule has 0 N–H and O–H groups in total. The van der Waals surface area contributed by atoms with Gasteiger partial charge >= 0.3 is 0 Å². The van der Waals surface area contributed by atoms with E-state index in [1.165, 1.54) is 0 Å². The lowest BCUT2D eigenvalue weighted by atomic mass is 9.89. The summed E-state index contributed by atoms with van der Waals surface area (Å²) in [5.74, 6) is -4.09. The topological polar surface area (TPSA) is 40.9 Å². The summed E-state index contributed by atoms with van der Waals surface area (Å²) in [4.78, 5) is 12.4. The summed E-state index contributed by atoms with van der Waals surface area (Å²) < 4.78 is 27.9. The van der Waals surface area contributed by atoms with E-state index in [0.29, 0.717) is 5.56 Å². The summed E-state index contributed by atoms with van der Waals surface area (Å²) in [6, 6.07) is 10.6. The zero-order chi connectivity index (χ0) is 15.6. The molecule has 1 atom stereocenters. The highest BCUT2D eigenvalue weighted by Crippen LogP contribution is 2.27. The van der Waals surface area contributed by atoms with Gasteiger partial charge < -0.3 is 0 Å². The number of ketones is 1. The predicted octanol–water partition coefficient (Wildman–Crippen LogP) is 4.53. The summed E-state index contributed by atoms with van der Waals surface area (Å²) in [6.45, 7) is 1.74. The van der Waals surface area contributed by atoms with E-state index in [4.69, 9.17) is 0 Å². The summed E-state index contributed by atoms with van der Waals surface area (Å²) >= 11 is 2.95. The average molecular weight is 350 g/mol. The molecule has 21 heavy (non-hydrogen) atoms. The number of halogens is 3. The molecule has 0 bridgehead atoms. The molecule has 1 unspecified atom stereocenters. The van der Waals surface area contributed by atoms with E-state index < -0.39 is 28.9 Å². The Morgan fingerprint density at radius 2 is 1.81 bits per heavy atom. The molecular formula is C16H10BrF2NO. The van der Waals surface area contributed by atoms with E-state index in [2.05, 4.69) is 15.9 Å². The molecule has 2 nitrogen and oxygen atoms in total. The SMILES string of the molecule is Cc1ccccc1C(C#N)C(=O)c1c(F)cc(Br)cc1F. The molecule has 0 spiro atoms. The minimum atomic E-state index is -1.24. The predicted molar refractivity (Wildman–Crippen MR) is 77.9 cm³/mol. The minimum absolute atomic E-state index is 0.193. The van der Waals surface area contributed by atoms with Crippen molar-refractivity contribution in [3.63, 3.8) is 0 Å². The molecule has 2 aromatic carbocycles. The van der Waals surface area contributed by atoms with Crippen molar-refractivity contribution < 1.29 is 13.6 Å². The highest BCUT2D eigenvalue weighted by atomic mass is 79.9. The van der Waals surface area contributed by atoms with Gasteiger partial charge in [0, 0.05) is 4.47 Å². The highest BCUT2D eigenvalue weighted by molar-refractivity contribution is 9.10. The third-order valence-corrected chi connectivity index (χ3v) is 3.60. The van der Waals surface area contributed by atoms with Crippen LogP contribution in [0.5, 0.6) is 0 Å². The molecule has 0 saturated carbocycles. The number of nitrogens with zero attached hydrogens (tertiary/aromatic N) is 1. The maximum Gasteiger partial charge on any atom is 0.190 e. The van der Waals surface area contributed by atoms with Crippen molar-refractivity contribution in [2.75, 3.05) is 0 Å². The Kier molecular flexibility index (Phi) is 4.49. The number of hydrogen-bond acceptors (Lipinski definition) is 2. The zero-order valence-corrected chi connectivity index (χ0v) is 12.6. The third-order valence-electron chi connectivity index (χ3n) is 3.14. The average Bonchev–Trinajstić information content (AvgIpc) is 2.40. The fourth-order valence-electron chi connectivity index (χ4n) is 2.10. The lowest BCUT2D eigenvalue weighted by Gasteiger charge is -2.12. The fourth-order valence-corrected chi connectivity index (χ4v) is 2.50. The normalized spacial score (nSPS) is 11.8. The van der Waals surface area contributed by atoms with E-state index in [1.807, 2.05) is 6.07 Å². The second-order valence-electron chi connectivity index (χ2n) is 4.53. The highest BCUT2D eigenvalue weighted by Gasteiger charge is 2.28. The summed E-state index contributed by atoms with van der Waals surface area (Å²) in [5, 5.41) is 9.25. The first-order valence-electron chi connectivity index (χ1n) is 6.09. The van der Waals surface area contributed by atoms with Crippen molar-refractivity contribution in [3.05, 3.63) is 69.2 Å². The van der Waals surface area contributed by atoms with E-state index in [-0.39, 0.29) is 4.47 Å². The molecule has 0 aliphatic rings. The van der Waals surface area contributed by atoms with Crippen LogP contribution in [0.1, 0.15) is 27.4 Å². The lowest BCUT2D eigenvalue weighted by Crippen LogP contribution is -2.16. The Hall–Kier alpha value is -2.06. The van der Waals surface area contributed by atoms with Crippen molar-refractivity contribution >= 4 is 21.7 Å². The second-order valence-corrected chi connectivity index (χ2v) is 5.44. The maximum atomic E-state index is 13.9. The molecule has 0 fully saturated rings. The van der Waals surface area contributed by atoms with Gasteiger partial charge in [0.05, 0.1) is 11.6 Å². The fraction of sp³-hybridized carbons (Fsp3) is 0.125. The van der Waals surface area contributed by atoms with Crippen LogP contribution < -0.4 is 0 Å². The number of carbonyl (C=O) groups is 1. The summed E-state index contributed by atoms with van der Waals surface area (Å²) in [7, 11) is 0. The van der Waals surface area contributed by atoms with Crippen molar-refractivity contribution in [2.45, 2.75) is 12.8 Å². The van der Waals surface area contributed by atoms with Crippen LogP contribution in [0.4, 0.5) is 8.78 Å². The quantitative estimate of drug-likeness (QED) is 0.764. The number of nitriles is 1. The number of Topliss-reactive ketones (excluding diaryl/α,β-unsaturated/α-hetero) is 1. The minimum Gasteiger partial charge on any atom is -0.292 e. The number of aryl methyl sites for hydroxylation is 1. The molecule has 106 valence electrons. The van der Waals surface area contributed by atoms with Gasteiger partial charge in [-0.3, -0.25) is 4.79 Å². The lowest BCUT2D eigenvalue weighted by molar-refractivity contribution is 0.0970. The van der Waals surface area contributed by atoms with E-state index >= 15 is 0 Å². The molecule has 2 aromatic rings. The van der Waals surface area contributed by atoms with Gasteiger partial charge in [-0.15, -0.1) is 0 Å². The Labute approximate surface area is 129 Å². The maximum absolute atomic E-state index is 13.9. The largest absolute Gasteiger partial charge is 0.292 e. The van der Waals surface area contributed by atoms with Crippen LogP contribution in [0.25, 0.3) is 0 Å².